The van der Waals surface area contributed by atoms with Gasteiger partial charge in [-0.15, -0.1) is 0 Å². The topological polar surface area (TPSA) is 21.3 Å². The fraction of sp³-hybridized carbons (Fsp3) is 1.00. The SMILES string of the molecule is IC1CNCC12CCO2. The van der Waals surface area contributed by atoms with Gasteiger partial charge in [0.05, 0.1) is 16.1 Å². The van der Waals surface area contributed by atoms with Gasteiger partial charge in [0, 0.05) is 19.5 Å². The molecular formula is C6H10INO. The zero-order chi connectivity index (χ0) is 6.32. The molecule has 3 heteroatoms. The van der Waals surface area contributed by atoms with Crippen molar-refractivity contribution in [3.05, 3.63) is 0 Å². The maximum atomic E-state index is 5.52. The van der Waals surface area contributed by atoms with Crippen LogP contribution in [0.2, 0.25) is 0 Å². The van der Waals surface area contributed by atoms with E-state index in [1.807, 2.05) is 0 Å². The van der Waals surface area contributed by atoms with E-state index in [0.29, 0.717) is 3.92 Å². The molecule has 2 aliphatic heterocycles. The monoisotopic (exact) mass is 239 g/mol. The second-order valence-corrected chi connectivity index (χ2v) is 4.27. The van der Waals surface area contributed by atoms with Crippen LogP contribution in [0.3, 0.4) is 0 Å². The van der Waals surface area contributed by atoms with Gasteiger partial charge in [0.2, 0.25) is 0 Å². The molecule has 0 bridgehead atoms. The van der Waals surface area contributed by atoms with Gasteiger partial charge in [-0.1, -0.05) is 22.6 Å². The van der Waals surface area contributed by atoms with Crippen LogP contribution in [0.1, 0.15) is 6.42 Å². The average molecular weight is 239 g/mol. The lowest BCUT2D eigenvalue weighted by atomic mass is 9.94. The van der Waals surface area contributed by atoms with Crippen LogP contribution in [-0.2, 0) is 4.74 Å². The molecule has 2 aliphatic rings. The lowest BCUT2D eigenvalue weighted by Gasteiger charge is -2.40. The summed E-state index contributed by atoms with van der Waals surface area (Å²) < 4.78 is 6.22. The van der Waals surface area contributed by atoms with Crippen LogP contribution in [0, 0.1) is 0 Å². The van der Waals surface area contributed by atoms with Gasteiger partial charge in [0.15, 0.2) is 0 Å². The van der Waals surface area contributed by atoms with Crippen molar-refractivity contribution in [2.45, 2.75) is 15.9 Å². The summed E-state index contributed by atoms with van der Waals surface area (Å²) in [6.07, 6.45) is 1.26. The normalized spacial score (nSPS) is 49.7. The average Bonchev–Trinajstić information content (AvgIpc) is 2.07. The fourth-order valence-electron chi connectivity index (χ4n) is 1.46. The second-order valence-electron chi connectivity index (χ2n) is 2.76. The summed E-state index contributed by atoms with van der Waals surface area (Å²) in [5, 5.41) is 3.33. The van der Waals surface area contributed by atoms with Gasteiger partial charge in [-0.2, -0.15) is 0 Å². The standard InChI is InChI=1S/C6H10INO/c7-5-3-8-4-6(5)1-2-9-6/h5,8H,1-4H2. The van der Waals surface area contributed by atoms with Crippen molar-refractivity contribution in [3.63, 3.8) is 0 Å². The largest absolute Gasteiger partial charge is 0.372 e. The highest BCUT2D eigenvalue weighted by Crippen LogP contribution is 2.36. The Morgan fingerprint density at radius 2 is 2.44 bits per heavy atom. The third kappa shape index (κ3) is 0.816. The quantitative estimate of drug-likeness (QED) is 0.492. The number of hydrogen-bond acceptors (Lipinski definition) is 2. The number of rotatable bonds is 0. The van der Waals surface area contributed by atoms with Gasteiger partial charge in [-0.25, -0.2) is 0 Å². The fourth-order valence-corrected chi connectivity index (χ4v) is 2.48. The van der Waals surface area contributed by atoms with E-state index in [0.717, 1.165) is 19.7 Å². The molecule has 52 valence electrons. The first-order chi connectivity index (χ1) is 4.33. The summed E-state index contributed by atoms with van der Waals surface area (Å²) in [5.74, 6) is 0. The first kappa shape index (κ1) is 6.37. The molecule has 9 heavy (non-hydrogen) atoms. The molecule has 0 saturated carbocycles. The highest BCUT2D eigenvalue weighted by molar-refractivity contribution is 14.1. The van der Waals surface area contributed by atoms with Gasteiger partial charge >= 0.3 is 0 Å². The second kappa shape index (κ2) is 2.07. The Morgan fingerprint density at radius 1 is 1.67 bits per heavy atom. The first-order valence-corrected chi connectivity index (χ1v) is 4.57. The Kier molecular flexibility index (Phi) is 1.46. The zero-order valence-corrected chi connectivity index (χ0v) is 7.35. The van der Waals surface area contributed by atoms with Crippen LogP contribution in [0.15, 0.2) is 0 Å². The lowest BCUT2D eigenvalue weighted by molar-refractivity contribution is -0.125. The van der Waals surface area contributed by atoms with Crippen molar-refractivity contribution in [3.8, 4) is 0 Å². The van der Waals surface area contributed by atoms with E-state index < -0.39 is 0 Å². The molecule has 0 aliphatic carbocycles. The summed E-state index contributed by atoms with van der Waals surface area (Å²) >= 11 is 2.47. The van der Waals surface area contributed by atoms with E-state index in [-0.39, 0.29) is 5.60 Å². The number of alkyl halides is 1. The van der Waals surface area contributed by atoms with E-state index in [1.54, 1.807) is 0 Å². The molecule has 0 aromatic carbocycles. The number of hydrogen-bond donors (Lipinski definition) is 1. The van der Waals surface area contributed by atoms with Crippen LogP contribution in [-0.4, -0.2) is 29.2 Å². The molecule has 0 aromatic rings. The molecule has 2 nitrogen and oxygen atoms in total. The molecule has 2 heterocycles. The molecule has 1 N–H and O–H groups in total. The van der Waals surface area contributed by atoms with Crippen LogP contribution < -0.4 is 5.32 Å². The van der Waals surface area contributed by atoms with Gasteiger partial charge < -0.3 is 10.1 Å². The minimum absolute atomic E-state index is 0.251. The molecule has 2 atom stereocenters. The predicted molar refractivity (Wildman–Crippen MR) is 44.0 cm³/mol. The molecule has 0 aromatic heterocycles. The minimum atomic E-state index is 0.251. The van der Waals surface area contributed by atoms with Gasteiger partial charge in [-0.3, -0.25) is 0 Å². The van der Waals surface area contributed by atoms with Gasteiger partial charge in [-0.05, 0) is 0 Å². The van der Waals surface area contributed by atoms with E-state index in [9.17, 15) is 0 Å². The highest BCUT2D eigenvalue weighted by atomic mass is 127. The minimum Gasteiger partial charge on any atom is -0.372 e. The van der Waals surface area contributed by atoms with Crippen LogP contribution in [0.25, 0.3) is 0 Å². The molecule has 0 radical (unpaired) electrons. The highest BCUT2D eigenvalue weighted by Gasteiger charge is 2.47. The van der Waals surface area contributed by atoms with Crippen molar-refractivity contribution in [2.24, 2.45) is 0 Å². The predicted octanol–water partition coefficient (Wildman–Crippen LogP) is 0.552. The Labute approximate surface area is 68.5 Å². The number of nitrogens with one attached hydrogen (secondary N) is 1. The Hall–Kier alpha value is 0.650. The number of halogens is 1. The first-order valence-electron chi connectivity index (χ1n) is 3.32. The van der Waals surface area contributed by atoms with Crippen molar-refractivity contribution in [1.29, 1.82) is 0 Å². The van der Waals surface area contributed by atoms with E-state index >= 15 is 0 Å². The molecule has 2 saturated heterocycles. The van der Waals surface area contributed by atoms with Crippen LogP contribution >= 0.6 is 22.6 Å². The van der Waals surface area contributed by atoms with Crippen molar-refractivity contribution in [2.75, 3.05) is 19.7 Å². The molecule has 1 spiro atoms. The zero-order valence-electron chi connectivity index (χ0n) is 5.19. The lowest BCUT2D eigenvalue weighted by Crippen LogP contribution is -2.50. The van der Waals surface area contributed by atoms with Crippen molar-refractivity contribution < 1.29 is 4.74 Å². The Morgan fingerprint density at radius 3 is 2.67 bits per heavy atom. The summed E-state index contributed by atoms with van der Waals surface area (Å²) in [7, 11) is 0. The maximum absolute atomic E-state index is 5.52. The summed E-state index contributed by atoms with van der Waals surface area (Å²) in [6.45, 7) is 3.17. The van der Waals surface area contributed by atoms with E-state index in [4.69, 9.17) is 4.74 Å². The number of ether oxygens (including phenoxy) is 1. The van der Waals surface area contributed by atoms with Crippen LogP contribution in [0.5, 0.6) is 0 Å². The van der Waals surface area contributed by atoms with Crippen molar-refractivity contribution in [1.82, 2.24) is 5.32 Å². The van der Waals surface area contributed by atoms with Gasteiger partial charge in [0.1, 0.15) is 0 Å². The van der Waals surface area contributed by atoms with Crippen LogP contribution in [0.4, 0.5) is 0 Å². The van der Waals surface area contributed by atoms with Gasteiger partial charge in [0.25, 0.3) is 0 Å². The Balaban J connectivity index is 2.09. The third-order valence-corrected chi connectivity index (χ3v) is 3.81. The molecule has 2 fully saturated rings. The summed E-state index contributed by atoms with van der Waals surface area (Å²) in [5.41, 5.74) is 0.251. The van der Waals surface area contributed by atoms with Crippen molar-refractivity contribution >= 4 is 22.6 Å². The summed E-state index contributed by atoms with van der Waals surface area (Å²) in [6, 6.07) is 0. The van der Waals surface area contributed by atoms with E-state index in [1.165, 1.54) is 6.42 Å². The third-order valence-electron chi connectivity index (χ3n) is 2.23. The Bertz CT molecular complexity index is 124. The smallest absolute Gasteiger partial charge is 0.0957 e. The van der Waals surface area contributed by atoms with E-state index in [2.05, 4.69) is 27.9 Å². The molecule has 0 amide bonds. The molecule has 2 rings (SSSR count). The molecular weight excluding hydrogens is 229 g/mol. The maximum Gasteiger partial charge on any atom is 0.0957 e. The molecule has 2 unspecified atom stereocenters. The summed E-state index contributed by atoms with van der Waals surface area (Å²) in [4.78, 5) is 0.